The molecule has 1 aromatic heterocycles. The zero-order chi connectivity index (χ0) is 22.3. The smallest absolute Gasteiger partial charge is 0.133 e. The van der Waals surface area contributed by atoms with Gasteiger partial charge < -0.3 is 5.11 Å². The number of hydrogen-bond acceptors (Lipinski definition) is 3. The normalized spacial score (nSPS) is 11.7. The van der Waals surface area contributed by atoms with Crippen LogP contribution in [0.15, 0.2) is 60.0 Å². The molecule has 1 heterocycles. The first-order valence-electron chi connectivity index (χ1n) is 9.69. The second-order valence-electron chi connectivity index (χ2n) is 8.32. The molecule has 1 N–H and O–H groups in total. The maximum atomic E-state index is 11.2. The summed E-state index contributed by atoms with van der Waals surface area (Å²) in [5.74, 6) is 0.202. The van der Waals surface area contributed by atoms with E-state index in [-0.39, 0.29) is 11.2 Å². The van der Waals surface area contributed by atoms with E-state index in [2.05, 4.69) is 26.8 Å². The molecule has 158 valence electrons. The number of phenols is 1. The number of hydrogen-bond donors (Lipinski definition) is 1. The van der Waals surface area contributed by atoms with Gasteiger partial charge in [0.25, 0.3) is 0 Å². The van der Waals surface area contributed by atoms with Gasteiger partial charge in [-0.3, -0.25) is 0 Å². The summed E-state index contributed by atoms with van der Waals surface area (Å²) in [6, 6.07) is 17.2. The largest absolute Gasteiger partial charge is 0.507 e. The van der Waals surface area contributed by atoms with Crippen LogP contribution < -0.4 is 0 Å². The lowest BCUT2D eigenvalue weighted by atomic mass is 9.83. The monoisotopic (exact) mass is 487 g/mol. The summed E-state index contributed by atoms with van der Waals surface area (Å²) < 4.78 is 0. The van der Waals surface area contributed by atoms with Gasteiger partial charge in [-0.05, 0) is 40.8 Å². The first-order valence-corrected chi connectivity index (χ1v) is 11.7. The van der Waals surface area contributed by atoms with Crippen molar-refractivity contribution in [3.8, 4) is 38.7 Å². The predicted molar refractivity (Wildman–Crippen MR) is 134 cm³/mol. The lowest BCUT2D eigenvalue weighted by Gasteiger charge is -2.22. The maximum Gasteiger partial charge on any atom is 0.133 e. The maximum absolute atomic E-state index is 11.2. The molecule has 0 aliphatic rings. The van der Waals surface area contributed by atoms with Crippen molar-refractivity contribution in [3.05, 3.63) is 80.6 Å². The molecule has 0 radical (unpaired) electrons. The molecule has 0 amide bonds. The summed E-state index contributed by atoms with van der Waals surface area (Å²) in [6.07, 6.45) is 0. The van der Waals surface area contributed by atoms with Crippen molar-refractivity contribution >= 4 is 46.1 Å². The number of halogens is 3. The fourth-order valence-electron chi connectivity index (χ4n) is 3.37. The Morgan fingerprint density at radius 3 is 2.10 bits per heavy atom. The van der Waals surface area contributed by atoms with E-state index in [0.717, 1.165) is 16.7 Å². The zero-order valence-corrected chi connectivity index (χ0v) is 20.3. The Kier molecular flexibility index (Phi) is 6.06. The van der Waals surface area contributed by atoms with Crippen LogP contribution in [0.1, 0.15) is 26.3 Å². The van der Waals surface area contributed by atoms with E-state index in [0.29, 0.717) is 36.9 Å². The molecule has 0 aliphatic carbocycles. The molecule has 0 spiro atoms. The summed E-state index contributed by atoms with van der Waals surface area (Å²) in [7, 11) is 0. The van der Waals surface area contributed by atoms with Crippen molar-refractivity contribution in [2.24, 2.45) is 0 Å². The van der Waals surface area contributed by atoms with Gasteiger partial charge in [0, 0.05) is 21.5 Å². The van der Waals surface area contributed by atoms with Crippen molar-refractivity contribution in [3.63, 3.8) is 0 Å². The first kappa shape index (κ1) is 22.2. The van der Waals surface area contributed by atoms with Crippen LogP contribution in [0.4, 0.5) is 0 Å². The standard InChI is InChI=1S/C25H20Cl3NOS/c1-25(2,3)15-9-17(14-7-5-4-6-8-14)23(30)18(10-15)24-29-21(13-31-24)22-19(27)11-16(26)12-20(22)28/h4-13,30H,1-3H3. The van der Waals surface area contributed by atoms with Gasteiger partial charge in [0.1, 0.15) is 10.8 Å². The lowest BCUT2D eigenvalue weighted by molar-refractivity contribution is 0.478. The molecular weight excluding hydrogens is 469 g/mol. The average molecular weight is 489 g/mol. The average Bonchev–Trinajstić information content (AvgIpc) is 3.16. The third-order valence-electron chi connectivity index (χ3n) is 5.06. The number of aromatic nitrogens is 1. The Balaban J connectivity index is 1.90. The molecule has 6 heteroatoms. The molecule has 0 saturated heterocycles. The van der Waals surface area contributed by atoms with E-state index < -0.39 is 0 Å². The van der Waals surface area contributed by atoms with Gasteiger partial charge >= 0.3 is 0 Å². The molecule has 0 bridgehead atoms. The van der Waals surface area contributed by atoms with E-state index >= 15 is 0 Å². The van der Waals surface area contributed by atoms with Crippen molar-refractivity contribution in [2.45, 2.75) is 26.2 Å². The number of rotatable bonds is 3. The van der Waals surface area contributed by atoms with Gasteiger partial charge in [0.05, 0.1) is 21.3 Å². The Labute approximate surface area is 201 Å². The number of thiazole rings is 1. The van der Waals surface area contributed by atoms with Crippen LogP contribution in [0.2, 0.25) is 15.1 Å². The van der Waals surface area contributed by atoms with E-state index in [1.54, 1.807) is 12.1 Å². The van der Waals surface area contributed by atoms with Crippen LogP contribution in [0.25, 0.3) is 33.0 Å². The summed E-state index contributed by atoms with van der Waals surface area (Å²) >= 11 is 20.3. The zero-order valence-electron chi connectivity index (χ0n) is 17.2. The molecule has 2 nitrogen and oxygen atoms in total. The molecule has 31 heavy (non-hydrogen) atoms. The molecule has 0 fully saturated rings. The predicted octanol–water partition coefficient (Wildman–Crippen LogP) is 9.11. The second-order valence-corrected chi connectivity index (χ2v) is 10.4. The van der Waals surface area contributed by atoms with Crippen LogP contribution in [0, 0.1) is 0 Å². The van der Waals surface area contributed by atoms with Gasteiger partial charge in [0.2, 0.25) is 0 Å². The summed E-state index contributed by atoms with van der Waals surface area (Å²) in [4.78, 5) is 4.77. The highest BCUT2D eigenvalue weighted by Crippen LogP contribution is 2.45. The van der Waals surface area contributed by atoms with Crippen molar-refractivity contribution < 1.29 is 5.11 Å². The minimum absolute atomic E-state index is 0.102. The van der Waals surface area contributed by atoms with Gasteiger partial charge in [-0.15, -0.1) is 11.3 Å². The highest BCUT2D eigenvalue weighted by atomic mass is 35.5. The minimum Gasteiger partial charge on any atom is -0.507 e. The van der Waals surface area contributed by atoms with E-state index in [1.807, 2.05) is 41.8 Å². The SMILES string of the molecule is CC(C)(C)c1cc(-c2ccccc2)c(O)c(-c2nc(-c3c(Cl)cc(Cl)cc3Cl)cs2)c1. The van der Waals surface area contributed by atoms with Crippen LogP contribution in [0.5, 0.6) is 5.75 Å². The Morgan fingerprint density at radius 2 is 1.48 bits per heavy atom. The summed E-state index contributed by atoms with van der Waals surface area (Å²) in [5.41, 5.74) is 4.70. The van der Waals surface area contributed by atoms with Crippen LogP contribution in [-0.2, 0) is 5.41 Å². The Hall–Kier alpha value is -2.04. The molecule has 0 saturated carbocycles. The number of nitrogens with zero attached hydrogens (tertiary/aromatic N) is 1. The summed E-state index contributed by atoms with van der Waals surface area (Å²) in [6.45, 7) is 6.45. The van der Waals surface area contributed by atoms with E-state index in [4.69, 9.17) is 39.8 Å². The minimum atomic E-state index is -0.102. The van der Waals surface area contributed by atoms with E-state index in [9.17, 15) is 5.11 Å². The molecule has 0 unspecified atom stereocenters. The topological polar surface area (TPSA) is 33.1 Å². The van der Waals surface area contributed by atoms with Crippen LogP contribution in [-0.4, -0.2) is 10.1 Å². The number of phenolic OH excluding ortho intramolecular Hbond substituents is 1. The van der Waals surface area contributed by atoms with Gasteiger partial charge in [-0.25, -0.2) is 4.98 Å². The van der Waals surface area contributed by atoms with Crippen LogP contribution >= 0.6 is 46.1 Å². The molecular formula is C25H20Cl3NOS. The Bertz CT molecular complexity index is 1240. The fraction of sp³-hybridized carbons (Fsp3) is 0.160. The van der Waals surface area contributed by atoms with E-state index in [1.165, 1.54) is 11.3 Å². The first-order chi connectivity index (χ1) is 14.6. The van der Waals surface area contributed by atoms with Crippen LogP contribution in [0.3, 0.4) is 0 Å². The lowest BCUT2D eigenvalue weighted by Crippen LogP contribution is -2.11. The quantitative estimate of drug-likeness (QED) is 0.312. The third-order valence-corrected chi connectivity index (χ3v) is 6.75. The third kappa shape index (κ3) is 4.47. The number of benzene rings is 3. The van der Waals surface area contributed by atoms with Gasteiger partial charge in [-0.2, -0.15) is 0 Å². The molecule has 4 rings (SSSR count). The van der Waals surface area contributed by atoms with Gasteiger partial charge in [0.15, 0.2) is 0 Å². The highest BCUT2D eigenvalue weighted by molar-refractivity contribution is 7.13. The number of aromatic hydroxyl groups is 1. The molecule has 4 aromatic rings. The molecule has 3 aromatic carbocycles. The second kappa shape index (κ2) is 8.48. The van der Waals surface area contributed by atoms with Crippen molar-refractivity contribution in [1.29, 1.82) is 0 Å². The summed E-state index contributed by atoms with van der Waals surface area (Å²) in [5, 5.41) is 15.1. The molecule has 0 aliphatic heterocycles. The van der Waals surface area contributed by atoms with Gasteiger partial charge in [-0.1, -0.05) is 85.9 Å². The van der Waals surface area contributed by atoms with Crippen molar-refractivity contribution in [1.82, 2.24) is 4.98 Å². The molecule has 0 atom stereocenters. The Morgan fingerprint density at radius 1 is 0.871 bits per heavy atom. The highest BCUT2D eigenvalue weighted by Gasteiger charge is 2.22. The van der Waals surface area contributed by atoms with Crippen molar-refractivity contribution in [2.75, 3.05) is 0 Å². The fourth-order valence-corrected chi connectivity index (χ4v) is 5.21.